The normalized spacial score (nSPS) is 19.6. The van der Waals surface area contributed by atoms with Crippen molar-refractivity contribution in [2.75, 3.05) is 0 Å². The molecule has 0 aromatic carbocycles. The summed E-state index contributed by atoms with van der Waals surface area (Å²) in [7, 11) is 0. The molecule has 6 heteroatoms. The summed E-state index contributed by atoms with van der Waals surface area (Å²) in [6.07, 6.45) is 5.28. The Kier molecular flexibility index (Phi) is 4.05. The van der Waals surface area contributed by atoms with E-state index < -0.39 is 0 Å². The quantitative estimate of drug-likeness (QED) is 0.505. The van der Waals surface area contributed by atoms with Gasteiger partial charge in [-0.25, -0.2) is 0 Å². The van der Waals surface area contributed by atoms with E-state index in [0.717, 1.165) is 8.70 Å². The van der Waals surface area contributed by atoms with Crippen LogP contribution in [0.5, 0.6) is 0 Å². The summed E-state index contributed by atoms with van der Waals surface area (Å²) in [5.74, 6) is 0. The third-order valence-electron chi connectivity index (χ3n) is 1.85. The third kappa shape index (κ3) is 2.87. The molecule has 0 amide bonds. The van der Waals surface area contributed by atoms with Crippen LogP contribution in [0.4, 0.5) is 0 Å². The lowest BCUT2D eigenvalue weighted by molar-refractivity contribution is 0.621. The maximum atomic E-state index is 12.0. The van der Waals surface area contributed by atoms with E-state index in [1.807, 2.05) is 18.3 Å². The molecule has 4 nitrogen and oxygen atoms in total. The minimum absolute atomic E-state index is 0.225. The highest BCUT2D eigenvalue weighted by Crippen LogP contribution is 2.24. The fourth-order valence-corrected chi connectivity index (χ4v) is 4.23. The lowest BCUT2D eigenvalue weighted by Gasteiger charge is -2.33. The number of allylic oxidation sites excluding steroid dienone is 3. The average Bonchev–Trinajstić information content (AvgIpc) is 2.29. The van der Waals surface area contributed by atoms with E-state index in [9.17, 15) is 5.21 Å². The van der Waals surface area contributed by atoms with Gasteiger partial charge in [0.05, 0.1) is 0 Å². The highest BCUT2D eigenvalue weighted by molar-refractivity contribution is 14.2. The molecule has 0 aromatic rings. The van der Waals surface area contributed by atoms with Crippen molar-refractivity contribution in [2.24, 2.45) is 11.5 Å². The Bertz CT molecular complexity index is 486. The van der Waals surface area contributed by atoms with Gasteiger partial charge in [0, 0.05) is 20.7 Å². The van der Waals surface area contributed by atoms with Crippen molar-refractivity contribution in [3.63, 3.8) is 0 Å². The third-order valence-corrected chi connectivity index (χ3v) is 5.96. The summed E-state index contributed by atoms with van der Waals surface area (Å²) < 4.78 is 6.77. The predicted molar refractivity (Wildman–Crippen MR) is 86.1 cm³/mol. The van der Waals surface area contributed by atoms with Crippen LogP contribution in [-0.4, -0.2) is 12.7 Å². The molecule has 0 unspecified atom stereocenters. The van der Waals surface area contributed by atoms with Crippen LogP contribution >= 0.6 is 41.5 Å². The topological polar surface area (TPSA) is 78.3 Å². The van der Waals surface area contributed by atoms with E-state index in [0.29, 0.717) is 17.1 Å². The molecule has 16 heavy (non-hydrogen) atoms. The van der Waals surface area contributed by atoms with Crippen LogP contribution in [0.25, 0.3) is 0 Å². The van der Waals surface area contributed by atoms with Crippen molar-refractivity contribution >= 4 is 49.1 Å². The summed E-state index contributed by atoms with van der Waals surface area (Å²) >= 11 is -0.555. The Labute approximate surface area is 113 Å². The van der Waals surface area contributed by atoms with E-state index in [1.165, 1.54) is 0 Å². The maximum Gasteiger partial charge on any atom is 0.0457 e. The van der Waals surface area contributed by atoms with Crippen LogP contribution in [0, 0.1) is 5.21 Å². The van der Waals surface area contributed by atoms with Gasteiger partial charge in [-0.3, -0.25) is 5.73 Å². The highest BCUT2D eigenvalue weighted by atomic mass is 127. The lowest BCUT2D eigenvalue weighted by Crippen LogP contribution is -2.16. The zero-order valence-corrected chi connectivity index (χ0v) is 12.5. The molecule has 0 saturated carbocycles. The van der Waals surface area contributed by atoms with Crippen molar-refractivity contribution in [1.82, 2.24) is 5.06 Å². The van der Waals surface area contributed by atoms with Gasteiger partial charge in [0.2, 0.25) is 0 Å². The van der Waals surface area contributed by atoms with Gasteiger partial charge in [0.15, 0.2) is 0 Å². The lowest BCUT2D eigenvalue weighted by atomic mass is 10.3. The first-order valence-corrected chi connectivity index (χ1v) is 9.22. The minimum Gasteiger partial charge on any atom is -0.754 e. The second-order valence-electron chi connectivity index (χ2n) is 3.07. The molecular formula is C10H10I2N3O-. The van der Waals surface area contributed by atoms with Crippen LogP contribution < -0.4 is 11.5 Å². The Morgan fingerprint density at radius 3 is 2.56 bits per heavy atom. The summed E-state index contributed by atoms with van der Waals surface area (Å²) in [6.45, 7) is 0. The second-order valence-corrected chi connectivity index (χ2v) is 7.53. The van der Waals surface area contributed by atoms with Gasteiger partial charge in [-0.15, -0.1) is 0 Å². The van der Waals surface area contributed by atoms with Crippen molar-refractivity contribution in [3.05, 3.63) is 48.7 Å². The maximum absolute atomic E-state index is 12.0. The Morgan fingerprint density at radius 2 is 1.94 bits per heavy atom. The zero-order chi connectivity index (χ0) is 11.5. The van der Waals surface area contributed by atoms with Crippen LogP contribution in [0.3, 0.4) is 0 Å². The number of nitrogens with zero attached hydrogens (tertiary/aromatic N) is 1. The summed E-state index contributed by atoms with van der Waals surface area (Å²) in [5.41, 5.74) is 13.4. The number of hydrogen-bond donors (Lipinski definition) is 2. The first-order valence-electron chi connectivity index (χ1n) is 4.40. The molecule has 0 spiro atoms. The van der Waals surface area contributed by atoms with E-state index in [4.69, 9.17) is 11.5 Å². The van der Waals surface area contributed by atoms with E-state index in [2.05, 4.69) is 0 Å². The number of hydroxylamine groups is 2. The molecule has 0 aromatic heterocycles. The Balaban J connectivity index is 2.22. The molecule has 0 atom stereocenters. The summed E-state index contributed by atoms with van der Waals surface area (Å²) in [4.78, 5) is 0. The van der Waals surface area contributed by atoms with Gasteiger partial charge < -0.3 is 16.0 Å². The van der Waals surface area contributed by atoms with Gasteiger partial charge in [-0.05, 0) is 30.4 Å². The molecule has 2 rings (SSSR count). The monoisotopic (exact) mass is 442 g/mol. The molecule has 0 fully saturated rings. The van der Waals surface area contributed by atoms with E-state index >= 15 is 0 Å². The van der Waals surface area contributed by atoms with Crippen LogP contribution in [0.1, 0.15) is 0 Å². The number of halogens is 2. The smallest absolute Gasteiger partial charge is 0.0457 e. The zero-order valence-electron chi connectivity index (χ0n) is 8.23. The fraction of sp³-hybridized carbons (Fsp3) is 0. The van der Waals surface area contributed by atoms with Gasteiger partial charge >= 0.3 is 0 Å². The van der Waals surface area contributed by atoms with Gasteiger partial charge in [-0.2, -0.15) is 0 Å². The summed E-state index contributed by atoms with van der Waals surface area (Å²) in [5, 5.41) is 12.9. The van der Waals surface area contributed by atoms with Crippen LogP contribution in [0.2, 0.25) is 0 Å². The van der Waals surface area contributed by atoms with Crippen LogP contribution in [0.15, 0.2) is 43.5 Å². The molecule has 86 valence electrons. The number of hydrogen-bond acceptors (Lipinski definition) is 4. The van der Waals surface area contributed by atoms with Crippen LogP contribution in [-0.2, 0) is 0 Å². The molecular weight excluding hydrogens is 432 g/mol. The largest absolute Gasteiger partial charge is 0.754 e. The standard InChI is InChI=1S/C10H10I2N3O/c13-7-3-9(5-11-4-7)15(16)8-1-2-10(14)12-6-8/h1-6H,13-14H2/q-1. The first-order chi connectivity index (χ1) is 7.66. The Morgan fingerprint density at radius 1 is 1.12 bits per heavy atom. The SMILES string of the molecule is NC1=CC(N([O-])C2=CI=C(N)C=C2)=CI=C1. The molecule has 2 heterocycles. The van der Waals surface area contributed by atoms with Crippen molar-refractivity contribution in [3.8, 4) is 0 Å². The molecule has 0 aliphatic carbocycles. The molecule has 0 saturated heterocycles. The average molecular weight is 442 g/mol. The van der Waals surface area contributed by atoms with Crippen molar-refractivity contribution < 1.29 is 0 Å². The van der Waals surface area contributed by atoms with Crippen molar-refractivity contribution in [2.45, 2.75) is 0 Å². The molecule has 4 N–H and O–H groups in total. The molecule has 0 bridgehead atoms. The summed E-state index contributed by atoms with van der Waals surface area (Å²) in [6, 6.07) is 0. The first kappa shape index (κ1) is 12.1. The fourth-order valence-electron chi connectivity index (χ4n) is 1.12. The van der Waals surface area contributed by atoms with Crippen molar-refractivity contribution in [1.29, 1.82) is 0 Å². The Hall–Kier alpha value is -0.320. The van der Waals surface area contributed by atoms with Gasteiger partial charge in [0.1, 0.15) is 0 Å². The second kappa shape index (κ2) is 5.34. The highest BCUT2D eigenvalue weighted by Gasteiger charge is 2.05. The minimum atomic E-state index is -0.330. The van der Waals surface area contributed by atoms with Gasteiger partial charge in [0.25, 0.3) is 0 Å². The van der Waals surface area contributed by atoms with E-state index in [1.54, 1.807) is 12.2 Å². The predicted octanol–water partition coefficient (Wildman–Crippen LogP) is 1.73. The van der Waals surface area contributed by atoms with E-state index in [-0.39, 0.29) is 41.5 Å². The molecule has 2 aliphatic rings. The molecule has 0 radical (unpaired) electrons. The number of rotatable bonds is 2. The molecule has 2 aliphatic heterocycles. The number of nitrogens with two attached hydrogens (primary N) is 2. The van der Waals surface area contributed by atoms with Gasteiger partial charge in [-0.1, -0.05) is 41.5 Å².